The largest absolute Gasteiger partial charge is 0.495 e. The van der Waals surface area contributed by atoms with E-state index in [1.54, 1.807) is 10.6 Å². The molecule has 33 heavy (non-hydrogen) atoms. The molecule has 3 heterocycles. The van der Waals surface area contributed by atoms with Crippen molar-refractivity contribution in [3.8, 4) is 11.8 Å². The first kappa shape index (κ1) is 22.8. The number of methoxy groups -OCH3 is 1. The first-order valence-electron chi connectivity index (χ1n) is 10.8. The molecular weight excluding hydrogens is 442 g/mol. The Balaban J connectivity index is 1.58. The third-order valence-corrected chi connectivity index (χ3v) is 7.73. The van der Waals surface area contributed by atoms with Crippen LogP contribution < -0.4 is 4.74 Å². The number of fused-ring (bicyclic) bond motifs is 1. The summed E-state index contributed by atoms with van der Waals surface area (Å²) in [6.07, 6.45) is 7.15. The third-order valence-electron chi connectivity index (χ3n) is 5.81. The number of sulfonamides is 1. The Morgan fingerprint density at radius 2 is 1.88 bits per heavy atom. The number of hydrogen-bond acceptors (Lipinski definition) is 6. The highest BCUT2D eigenvalue weighted by Crippen LogP contribution is 2.30. The van der Waals surface area contributed by atoms with Gasteiger partial charge >= 0.3 is 5.97 Å². The fourth-order valence-corrected chi connectivity index (χ4v) is 5.77. The number of carbonyl (C=O) groups is 1. The fourth-order valence-electron chi connectivity index (χ4n) is 4.07. The van der Waals surface area contributed by atoms with Crippen molar-refractivity contribution in [1.82, 2.24) is 8.71 Å². The summed E-state index contributed by atoms with van der Waals surface area (Å²) in [5.74, 6) is -0.495. The van der Waals surface area contributed by atoms with Crippen molar-refractivity contribution in [3.63, 3.8) is 0 Å². The van der Waals surface area contributed by atoms with Crippen molar-refractivity contribution in [2.75, 3.05) is 20.2 Å². The third kappa shape index (κ3) is 4.58. The predicted molar refractivity (Wildman–Crippen MR) is 121 cm³/mol. The van der Waals surface area contributed by atoms with Crippen LogP contribution in [0.1, 0.15) is 47.2 Å². The lowest BCUT2D eigenvalue weighted by Crippen LogP contribution is -2.32. The minimum absolute atomic E-state index is 0.0475. The Labute approximate surface area is 193 Å². The van der Waals surface area contributed by atoms with E-state index in [1.165, 1.54) is 29.6 Å². The van der Waals surface area contributed by atoms with E-state index in [0.29, 0.717) is 24.2 Å². The van der Waals surface area contributed by atoms with Crippen molar-refractivity contribution in [3.05, 3.63) is 65.5 Å². The van der Waals surface area contributed by atoms with Crippen LogP contribution in [0.15, 0.2) is 53.7 Å². The zero-order valence-electron chi connectivity index (χ0n) is 18.4. The molecule has 1 fully saturated rings. The van der Waals surface area contributed by atoms with Gasteiger partial charge in [-0.15, -0.1) is 0 Å². The van der Waals surface area contributed by atoms with Crippen LogP contribution in [-0.4, -0.2) is 43.3 Å². The maximum absolute atomic E-state index is 13.3. The number of ether oxygens (including phenoxy) is 2. The first-order valence-corrected chi connectivity index (χ1v) is 12.2. The van der Waals surface area contributed by atoms with E-state index in [-0.39, 0.29) is 22.8 Å². The first-order chi connectivity index (χ1) is 16.0. The minimum atomic E-state index is -3.83. The van der Waals surface area contributed by atoms with Gasteiger partial charge in [-0.2, -0.15) is 9.57 Å². The van der Waals surface area contributed by atoms with Gasteiger partial charge in [-0.3, -0.25) is 0 Å². The zero-order valence-corrected chi connectivity index (χ0v) is 19.2. The van der Waals surface area contributed by atoms with Crippen LogP contribution in [0.25, 0.3) is 5.52 Å². The average molecular weight is 468 g/mol. The Hall–Kier alpha value is -3.35. The number of nitriles is 1. The second-order valence-electron chi connectivity index (χ2n) is 7.89. The highest BCUT2D eigenvalue weighted by Gasteiger charge is 2.29. The van der Waals surface area contributed by atoms with Gasteiger partial charge in [0.05, 0.1) is 23.8 Å². The molecule has 0 N–H and O–H groups in total. The fraction of sp³-hybridized carbons (Fsp3) is 0.333. The lowest BCUT2D eigenvalue weighted by Gasteiger charge is -2.21. The lowest BCUT2D eigenvalue weighted by molar-refractivity contribution is 0.0472. The highest BCUT2D eigenvalue weighted by atomic mass is 32.2. The van der Waals surface area contributed by atoms with E-state index in [2.05, 4.69) is 6.07 Å². The van der Waals surface area contributed by atoms with E-state index in [4.69, 9.17) is 9.47 Å². The smallest absolute Gasteiger partial charge is 0.338 e. The summed E-state index contributed by atoms with van der Waals surface area (Å²) in [7, 11) is -2.43. The van der Waals surface area contributed by atoms with Gasteiger partial charge in [-0.25, -0.2) is 13.2 Å². The summed E-state index contributed by atoms with van der Waals surface area (Å²) in [5.41, 5.74) is 1.83. The predicted octanol–water partition coefficient (Wildman–Crippen LogP) is 3.74. The van der Waals surface area contributed by atoms with E-state index < -0.39 is 16.0 Å². The standard InChI is InChI=1S/C24H25N3O5S/c1-31-22-10-9-18(14-23(22)33(29,30)27-12-5-2-3-6-13-27)24(28)32-17-19-16-26-11-7-4-8-21(26)20(19)15-25/h4,7-11,14,16H,2-3,5-6,12-13,17H2,1H3. The molecule has 0 spiro atoms. The summed E-state index contributed by atoms with van der Waals surface area (Å²) in [6.45, 7) is 0.780. The maximum atomic E-state index is 13.3. The monoisotopic (exact) mass is 467 g/mol. The molecular formula is C24H25N3O5S. The molecule has 9 heteroatoms. The van der Waals surface area contributed by atoms with Gasteiger partial charge in [0, 0.05) is 31.0 Å². The zero-order chi connectivity index (χ0) is 23.4. The van der Waals surface area contributed by atoms with Crippen LogP contribution >= 0.6 is 0 Å². The molecule has 172 valence electrons. The van der Waals surface area contributed by atoms with Crippen LogP contribution in [0.5, 0.6) is 5.75 Å². The van der Waals surface area contributed by atoms with E-state index in [0.717, 1.165) is 31.2 Å². The molecule has 1 aromatic carbocycles. The summed E-state index contributed by atoms with van der Waals surface area (Å²) in [6, 6.07) is 11.9. The summed E-state index contributed by atoms with van der Waals surface area (Å²) in [4.78, 5) is 12.7. The quantitative estimate of drug-likeness (QED) is 0.512. The minimum Gasteiger partial charge on any atom is -0.495 e. The molecule has 3 aromatic rings. The van der Waals surface area contributed by atoms with Crippen LogP contribution in [0.2, 0.25) is 0 Å². The van der Waals surface area contributed by atoms with E-state index >= 15 is 0 Å². The molecule has 0 radical (unpaired) electrons. The Kier molecular flexibility index (Phi) is 6.67. The molecule has 1 aliphatic heterocycles. The second-order valence-corrected chi connectivity index (χ2v) is 9.80. The second kappa shape index (κ2) is 9.65. The number of hydrogen-bond donors (Lipinski definition) is 0. The summed E-state index contributed by atoms with van der Waals surface area (Å²) < 4.78 is 40.6. The topological polar surface area (TPSA) is 101 Å². The van der Waals surface area contributed by atoms with Gasteiger partial charge < -0.3 is 13.9 Å². The van der Waals surface area contributed by atoms with Crippen molar-refractivity contribution in [2.45, 2.75) is 37.2 Å². The van der Waals surface area contributed by atoms with Gasteiger partial charge in [0.15, 0.2) is 0 Å². The van der Waals surface area contributed by atoms with Gasteiger partial charge in [-0.1, -0.05) is 18.9 Å². The van der Waals surface area contributed by atoms with Crippen LogP contribution in [0.3, 0.4) is 0 Å². The van der Waals surface area contributed by atoms with Gasteiger partial charge in [0.1, 0.15) is 23.3 Å². The maximum Gasteiger partial charge on any atom is 0.338 e. The summed E-state index contributed by atoms with van der Waals surface area (Å²) >= 11 is 0. The molecule has 8 nitrogen and oxygen atoms in total. The van der Waals surface area contributed by atoms with E-state index in [1.807, 2.05) is 24.4 Å². The van der Waals surface area contributed by atoms with Gasteiger partial charge in [0.25, 0.3) is 0 Å². The molecule has 0 unspecified atom stereocenters. The number of rotatable bonds is 6. The number of esters is 1. The molecule has 0 amide bonds. The molecule has 0 saturated carbocycles. The molecule has 1 aliphatic rings. The Morgan fingerprint density at radius 3 is 2.58 bits per heavy atom. The van der Waals surface area contributed by atoms with Crippen molar-refractivity contribution in [2.24, 2.45) is 0 Å². The highest BCUT2D eigenvalue weighted by molar-refractivity contribution is 7.89. The van der Waals surface area contributed by atoms with Crippen molar-refractivity contribution >= 4 is 21.5 Å². The van der Waals surface area contributed by atoms with E-state index in [9.17, 15) is 18.5 Å². The SMILES string of the molecule is COc1ccc(C(=O)OCc2cn3ccccc3c2C#N)cc1S(=O)(=O)N1CCCCCC1. The van der Waals surface area contributed by atoms with Gasteiger partial charge in [0.2, 0.25) is 10.0 Å². The average Bonchev–Trinajstić information content (AvgIpc) is 2.98. The molecule has 0 bridgehead atoms. The number of nitrogens with zero attached hydrogens (tertiary/aromatic N) is 3. The lowest BCUT2D eigenvalue weighted by atomic mass is 10.2. The number of pyridine rings is 1. The van der Waals surface area contributed by atoms with Crippen molar-refractivity contribution < 1.29 is 22.7 Å². The molecule has 0 atom stereocenters. The van der Waals surface area contributed by atoms with Crippen LogP contribution in [0, 0.1) is 11.3 Å². The molecule has 0 aliphatic carbocycles. The Bertz CT molecular complexity index is 1320. The molecule has 1 saturated heterocycles. The number of benzene rings is 1. The Morgan fingerprint density at radius 1 is 1.12 bits per heavy atom. The molecule has 2 aromatic heterocycles. The van der Waals surface area contributed by atoms with Crippen LogP contribution in [0.4, 0.5) is 0 Å². The number of aromatic nitrogens is 1. The van der Waals surface area contributed by atoms with Crippen LogP contribution in [-0.2, 0) is 21.4 Å². The van der Waals surface area contributed by atoms with Crippen molar-refractivity contribution in [1.29, 1.82) is 5.26 Å². The van der Waals surface area contributed by atoms with Gasteiger partial charge in [-0.05, 0) is 43.2 Å². The normalized spacial score (nSPS) is 15.0. The summed E-state index contributed by atoms with van der Waals surface area (Å²) in [5, 5.41) is 9.53. The number of carbonyl (C=O) groups excluding carboxylic acids is 1. The molecule has 4 rings (SSSR count).